The Balaban J connectivity index is 2.09. The second-order valence-electron chi connectivity index (χ2n) is 5.13. The van der Waals surface area contributed by atoms with E-state index in [1.165, 1.54) is 4.90 Å². The zero-order chi connectivity index (χ0) is 15.2. The largest absolute Gasteiger partial charge is 0.480 e. The number of halogens is 1. The molecule has 2 rings (SSSR count). The van der Waals surface area contributed by atoms with Gasteiger partial charge in [-0.05, 0) is 30.5 Å². The standard InChI is InChI=1S/C15H18BrNO4/c16-13-5-1-3-11(7-13)8-17(9-14(18)19)15(20)12-4-2-6-21-10-12/h1,3,5,7,12H,2,4,6,8-10H2,(H,18,19). The van der Waals surface area contributed by atoms with Crippen molar-refractivity contribution in [2.24, 2.45) is 5.92 Å². The quantitative estimate of drug-likeness (QED) is 0.879. The van der Waals surface area contributed by atoms with Gasteiger partial charge in [0.15, 0.2) is 0 Å². The minimum atomic E-state index is -1.00. The topological polar surface area (TPSA) is 66.8 Å². The van der Waals surface area contributed by atoms with Crippen LogP contribution in [0.25, 0.3) is 0 Å². The summed E-state index contributed by atoms with van der Waals surface area (Å²) in [6.45, 7) is 1.06. The van der Waals surface area contributed by atoms with E-state index in [1.54, 1.807) is 0 Å². The molecule has 1 N–H and O–H groups in total. The van der Waals surface area contributed by atoms with Crippen LogP contribution in [0.1, 0.15) is 18.4 Å². The third-order valence-corrected chi connectivity index (χ3v) is 3.90. The summed E-state index contributed by atoms with van der Waals surface area (Å²) in [6, 6.07) is 7.53. The van der Waals surface area contributed by atoms with Crippen molar-refractivity contribution >= 4 is 27.8 Å². The van der Waals surface area contributed by atoms with E-state index in [0.717, 1.165) is 22.9 Å². The van der Waals surface area contributed by atoms with Crippen LogP contribution < -0.4 is 0 Å². The molecule has 0 aliphatic carbocycles. The summed E-state index contributed by atoms with van der Waals surface area (Å²) >= 11 is 3.38. The minimum absolute atomic E-state index is 0.142. The number of carbonyl (C=O) groups is 2. The lowest BCUT2D eigenvalue weighted by atomic mass is 10.0. The van der Waals surface area contributed by atoms with E-state index in [4.69, 9.17) is 9.84 Å². The van der Waals surface area contributed by atoms with Gasteiger partial charge in [0.05, 0.1) is 12.5 Å². The van der Waals surface area contributed by atoms with Gasteiger partial charge in [0, 0.05) is 17.6 Å². The highest BCUT2D eigenvalue weighted by molar-refractivity contribution is 9.10. The molecule has 0 bridgehead atoms. The fourth-order valence-electron chi connectivity index (χ4n) is 2.42. The van der Waals surface area contributed by atoms with Crippen molar-refractivity contribution in [1.82, 2.24) is 4.90 Å². The van der Waals surface area contributed by atoms with Crippen LogP contribution in [0, 0.1) is 5.92 Å². The first-order valence-corrected chi connectivity index (χ1v) is 7.68. The van der Waals surface area contributed by atoms with Gasteiger partial charge in [0.2, 0.25) is 5.91 Å². The van der Waals surface area contributed by atoms with Crippen LogP contribution in [0.4, 0.5) is 0 Å². The first-order chi connectivity index (χ1) is 10.1. The third-order valence-electron chi connectivity index (χ3n) is 3.41. The van der Waals surface area contributed by atoms with Gasteiger partial charge >= 0.3 is 5.97 Å². The summed E-state index contributed by atoms with van der Waals surface area (Å²) in [5.74, 6) is -1.38. The molecule has 1 heterocycles. The molecule has 1 unspecified atom stereocenters. The number of amides is 1. The molecule has 1 aliphatic rings. The van der Waals surface area contributed by atoms with E-state index < -0.39 is 5.97 Å². The molecule has 1 fully saturated rings. The molecule has 1 amide bonds. The summed E-state index contributed by atoms with van der Waals surface area (Å²) < 4.78 is 6.23. The Morgan fingerprint density at radius 2 is 2.24 bits per heavy atom. The van der Waals surface area contributed by atoms with Crippen molar-refractivity contribution in [2.45, 2.75) is 19.4 Å². The molecule has 1 atom stereocenters. The van der Waals surface area contributed by atoms with Crippen molar-refractivity contribution in [3.8, 4) is 0 Å². The molecule has 21 heavy (non-hydrogen) atoms. The molecule has 1 aromatic rings. The average molecular weight is 356 g/mol. The smallest absolute Gasteiger partial charge is 0.323 e. The van der Waals surface area contributed by atoms with Crippen LogP contribution in [0.2, 0.25) is 0 Å². The van der Waals surface area contributed by atoms with E-state index in [1.807, 2.05) is 24.3 Å². The SMILES string of the molecule is O=C(O)CN(Cc1cccc(Br)c1)C(=O)C1CCCOC1. The molecule has 6 heteroatoms. The highest BCUT2D eigenvalue weighted by Crippen LogP contribution is 2.19. The van der Waals surface area contributed by atoms with Gasteiger partial charge in [-0.25, -0.2) is 0 Å². The van der Waals surface area contributed by atoms with E-state index in [9.17, 15) is 9.59 Å². The number of rotatable bonds is 5. The van der Waals surface area contributed by atoms with Gasteiger partial charge in [0.1, 0.15) is 6.54 Å². The highest BCUT2D eigenvalue weighted by Gasteiger charge is 2.27. The fraction of sp³-hybridized carbons (Fsp3) is 0.467. The molecule has 0 aromatic heterocycles. The summed E-state index contributed by atoms with van der Waals surface area (Å²) in [5, 5.41) is 9.03. The van der Waals surface area contributed by atoms with Gasteiger partial charge in [-0.2, -0.15) is 0 Å². The minimum Gasteiger partial charge on any atom is -0.480 e. The summed E-state index contributed by atoms with van der Waals surface area (Å²) in [4.78, 5) is 24.9. The Hall–Kier alpha value is -1.40. The lowest BCUT2D eigenvalue weighted by Gasteiger charge is -2.28. The van der Waals surface area contributed by atoms with Gasteiger partial charge in [-0.1, -0.05) is 28.1 Å². The molecule has 1 aromatic carbocycles. The van der Waals surface area contributed by atoms with Crippen molar-refractivity contribution in [2.75, 3.05) is 19.8 Å². The monoisotopic (exact) mass is 355 g/mol. The number of hydrogen-bond donors (Lipinski definition) is 1. The predicted octanol–water partition coefficient (Wildman–Crippen LogP) is 2.29. The van der Waals surface area contributed by atoms with Crippen LogP contribution in [0.3, 0.4) is 0 Å². The second-order valence-corrected chi connectivity index (χ2v) is 6.05. The predicted molar refractivity (Wildman–Crippen MR) is 80.7 cm³/mol. The molecule has 114 valence electrons. The molecular weight excluding hydrogens is 338 g/mol. The Morgan fingerprint density at radius 1 is 1.43 bits per heavy atom. The average Bonchev–Trinajstić information content (AvgIpc) is 2.46. The molecule has 0 radical (unpaired) electrons. The third kappa shape index (κ3) is 4.82. The number of nitrogens with zero attached hydrogens (tertiary/aromatic N) is 1. The van der Waals surface area contributed by atoms with Crippen LogP contribution >= 0.6 is 15.9 Å². The maximum absolute atomic E-state index is 12.5. The zero-order valence-electron chi connectivity index (χ0n) is 11.6. The first kappa shape index (κ1) is 16.0. The lowest BCUT2D eigenvalue weighted by molar-refractivity contribution is -0.149. The van der Waals surface area contributed by atoms with Crippen LogP contribution in [0.15, 0.2) is 28.7 Å². The van der Waals surface area contributed by atoms with Crippen LogP contribution in [0.5, 0.6) is 0 Å². The number of hydrogen-bond acceptors (Lipinski definition) is 3. The first-order valence-electron chi connectivity index (χ1n) is 6.89. The fourth-order valence-corrected chi connectivity index (χ4v) is 2.87. The second kappa shape index (κ2) is 7.56. The number of aliphatic carboxylic acids is 1. The van der Waals surface area contributed by atoms with Gasteiger partial charge in [0.25, 0.3) is 0 Å². The van der Waals surface area contributed by atoms with E-state index in [-0.39, 0.29) is 18.4 Å². The van der Waals surface area contributed by atoms with Gasteiger partial charge in [-0.3, -0.25) is 9.59 Å². The normalized spacial score (nSPS) is 18.2. The Labute approximate surface area is 132 Å². The van der Waals surface area contributed by atoms with E-state index >= 15 is 0 Å². The van der Waals surface area contributed by atoms with Crippen molar-refractivity contribution in [1.29, 1.82) is 0 Å². The van der Waals surface area contributed by atoms with Crippen LogP contribution in [-0.2, 0) is 20.9 Å². The summed E-state index contributed by atoms with van der Waals surface area (Å²) in [6.07, 6.45) is 1.60. The zero-order valence-corrected chi connectivity index (χ0v) is 13.2. The molecule has 1 aliphatic heterocycles. The Morgan fingerprint density at radius 3 is 2.86 bits per heavy atom. The molecule has 1 saturated heterocycles. The van der Waals surface area contributed by atoms with Crippen molar-refractivity contribution in [3.63, 3.8) is 0 Å². The van der Waals surface area contributed by atoms with Crippen molar-refractivity contribution < 1.29 is 19.4 Å². The van der Waals surface area contributed by atoms with Crippen molar-refractivity contribution in [3.05, 3.63) is 34.3 Å². The highest BCUT2D eigenvalue weighted by atomic mass is 79.9. The maximum atomic E-state index is 12.5. The van der Waals surface area contributed by atoms with Gasteiger partial charge < -0.3 is 14.7 Å². The summed E-state index contributed by atoms with van der Waals surface area (Å²) in [7, 11) is 0. The molecule has 0 spiro atoms. The lowest BCUT2D eigenvalue weighted by Crippen LogP contribution is -2.41. The maximum Gasteiger partial charge on any atom is 0.323 e. The van der Waals surface area contributed by atoms with Gasteiger partial charge in [-0.15, -0.1) is 0 Å². The summed E-state index contributed by atoms with van der Waals surface area (Å²) in [5.41, 5.74) is 0.899. The van der Waals surface area contributed by atoms with Crippen LogP contribution in [-0.4, -0.2) is 41.6 Å². The molecule has 0 saturated carbocycles. The molecular formula is C15H18BrNO4. The number of ether oxygens (including phenoxy) is 1. The Bertz CT molecular complexity index is 514. The van der Waals surface area contributed by atoms with E-state index in [0.29, 0.717) is 19.8 Å². The number of carbonyl (C=O) groups excluding carboxylic acids is 1. The number of benzene rings is 1. The molecule has 5 nitrogen and oxygen atoms in total. The Kier molecular flexibility index (Phi) is 5.76. The number of carboxylic acid groups (broad SMARTS) is 1. The number of carboxylic acids is 1. The van der Waals surface area contributed by atoms with E-state index in [2.05, 4.69) is 15.9 Å².